The summed E-state index contributed by atoms with van der Waals surface area (Å²) >= 11 is 1.56. The van der Waals surface area contributed by atoms with Gasteiger partial charge in [-0.15, -0.1) is 11.3 Å². The fraction of sp³-hybridized carbons (Fsp3) is 0.391. The Labute approximate surface area is 185 Å². The van der Waals surface area contributed by atoms with Crippen LogP contribution in [0.15, 0.2) is 42.5 Å². The number of rotatable bonds is 5. The summed E-state index contributed by atoms with van der Waals surface area (Å²) in [4.78, 5) is 32.8. The Morgan fingerprint density at radius 3 is 2.65 bits per heavy atom. The number of anilines is 1. The second-order valence-electron chi connectivity index (χ2n) is 8.24. The molecule has 0 spiro atoms. The van der Waals surface area contributed by atoms with Crippen LogP contribution in [0.1, 0.15) is 48.1 Å². The highest BCUT2D eigenvalue weighted by molar-refractivity contribution is 7.18. The van der Waals surface area contributed by atoms with Crippen molar-refractivity contribution in [3.05, 3.63) is 63.1 Å². The van der Waals surface area contributed by atoms with E-state index in [0.717, 1.165) is 41.2 Å². The van der Waals surface area contributed by atoms with Crippen LogP contribution in [-0.4, -0.2) is 40.9 Å². The van der Waals surface area contributed by atoms with Crippen molar-refractivity contribution in [1.29, 1.82) is 0 Å². The molecule has 0 N–H and O–H groups in total. The summed E-state index contributed by atoms with van der Waals surface area (Å²) in [6.45, 7) is 5.72. The summed E-state index contributed by atoms with van der Waals surface area (Å²) in [5.41, 5.74) is 1.80. The summed E-state index contributed by atoms with van der Waals surface area (Å²) in [5, 5.41) is 12.6. The quantitative estimate of drug-likeness (QED) is 0.400. The number of nitro groups is 1. The molecule has 2 heterocycles. The zero-order valence-electron chi connectivity index (χ0n) is 17.9. The van der Waals surface area contributed by atoms with Gasteiger partial charge in [0.2, 0.25) is 0 Å². The van der Waals surface area contributed by atoms with Gasteiger partial charge in [-0.2, -0.15) is 0 Å². The van der Waals surface area contributed by atoms with E-state index >= 15 is 0 Å². The van der Waals surface area contributed by atoms with Gasteiger partial charge >= 0.3 is 0 Å². The number of para-hydroxylation sites is 1. The highest BCUT2D eigenvalue weighted by Gasteiger charge is 2.27. The summed E-state index contributed by atoms with van der Waals surface area (Å²) < 4.78 is 1.07. The molecule has 3 aromatic rings. The van der Waals surface area contributed by atoms with Crippen LogP contribution in [0.5, 0.6) is 0 Å². The van der Waals surface area contributed by atoms with E-state index in [1.807, 2.05) is 31.2 Å². The van der Waals surface area contributed by atoms with Gasteiger partial charge in [0.15, 0.2) is 0 Å². The summed E-state index contributed by atoms with van der Waals surface area (Å²) in [6, 6.07) is 12.5. The molecular formula is C23H26N4O3S. The van der Waals surface area contributed by atoms with Crippen LogP contribution in [-0.2, 0) is 0 Å². The molecule has 1 aromatic heterocycles. The summed E-state index contributed by atoms with van der Waals surface area (Å²) in [7, 11) is 1.71. The topological polar surface area (TPSA) is 79.6 Å². The normalized spacial score (nSPS) is 15.8. The molecule has 1 amide bonds. The van der Waals surface area contributed by atoms with Crippen LogP contribution in [0.3, 0.4) is 0 Å². The predicted molar refractivity (Wildman–Crippen MR) is 124 cm³/mol. The van der Waals surface area contributed by atoms with Crippen LogP contribution in [0.2, 0.25) is 0 Å². The smallest absolute Gasteiger partial charge is 0.293 e. The molecule has 31 heavy (non-hydrogen) atoms. The molecule has 0 aliphatic carbocycles. The molecule has 0 radical (unpaired) electrons. The Kier molecular flexibility index (Phi) is 5.91. The molecule has 1 unspecified atom stereocenters. The number of hydrogen-bond donors (Lipinski definition) is 0. The summed E-state index contributed by atoms with van der Waals surface area (Å²) in [6.07, 6.45) is 2.03. The van der Waals surface area contributed by atoms with E-state index in [1.165, 1.54) is 6.07 Å². The molecule has 7 nitrogen and oxygen atoms in total. The van der Waals surface area contributed by atoms with Crippen molar-refractivity contribution < 1.29 is 9.72 Å². The van der Waals surface area contributed by atoms with Gasteiger partial charge in [-0.3, -0.25) is 14.9 Å². The molecule has 162 valence electrons. The maximum Gasteiger partial charge on any atom is 0.293 e. The van der Waals surface area contributed by atoms with E-state index in [-0.39, 0.29) is 22.6 Å². The maximum absolute atomic E-state index is 13.1. The average molecular weight is 439 g/mol. The molecule has 1 atom stereocenters. The van der Waals surface area contributed by atoms with Crippen molar-refractivity contribution in [3.8, 4) is 0 Å². The number of amides is 1. The van der Waals surface area contributed by atoms with E-state index in [1.54, 1.807) is 35.4 Å². The molecule has 1 saturated heterocycles. The van der Waals surface area contributed by atoms with E-state index in [0.29, 0.717) is 17.2 Å². The van der Waals surface area contributed by atoms with E-state index in [9.17, 15) is 14.9 Å². The second-order valence-corrected chi connectivity index (χ2v) is 9.30. The van der Waals surface area contributed by atoms with Gasteiger partial charge in [0.1, 0.15) is 10.7 Å². The Balaban J connectivity index is 1.58. The summed E-state index contributed by atoms with van der Waals surface area (Å²) in [5.74, 6) is 0.377. The Hall–Kier alpha value is -3.00. The van der Waals surface area contributed by atoms with Crippen molar-refractivity contribution in [3.63, 3.8) is 0 Å². The molecule has 0 saturated carbocycles. The van der Waals surface area contributed by atoms with Crippen LogP contribution in [0, 0.1) is 16.0 Å². The van der Waals surface area contributed by atoms with Gasteiger partial charge in [0, 0.05) is 31.8 Å². The molecular weight excluding hydrogens is 412 g/mol. The van der Waals surface area contributed by atoms with Crippen molar-refractivity contribution >= 4 is 38.8 Å². The minimum Gasteiger partial charge on any atom is -0.366 e. The second kappa shape index (κ2) is 8.63. The average Bonchev–Trinajstić information content (AvgIpc) is 3.22. The number of benzene rings is 2. The largest absolute Gasteiger partial charge is 0.366 e. The van der Waals surface area contributed by atoms with Crippen molar-refractivity contribution in [1.82, 2.24) is 9.88 Å². The molecule has 2 aromatic carbocycles. The first-order valence-corrected chi connectivity index (χ1v) is 11.3. The molecule has 1 fully saturated rings. The number of fused-ring (bicyclic) bond motifs is 1. The fourth-order valence-electron chi connectivity index (χ4n) is 3.93. The minimum absolute atomic E-state index is 0.0126. The molecule has 1 aliphatic rings. The Morgan fingerprint density at radius 2 is 1.97 bits per heavy atom. The van der Waals surface area contributed by atoms with Gasteiger partial charge in [-0.05, 0) is 49.9 Å². The van der Waals surface area contributed by atoms with Gasteiger partial charge in [-0.25, -0.2) is 4.98 Å². The lowest BCUT2D eigenvalue weighted by Crippen LogP contribution is -2.33. The van der Waals surface area contributed by atoms with Crippen molar-refractivity contribution in [2.75, 3.05) is 25.0 Å². The SMILES string of the molecule is CC1CCN(c2ccc(C(=O)N(C)C(C)c3nc4ccccc4s3)cc2[N+](=O)[O-])CC1. The number of carbonyl (C=O) groups excluding carboxylic acids is 1. The lowest BCUT2D eigenvalue weighted by atomic mass is 9.98. The van der Waals surface area contributed by atoms with E-state index in [4.69, 9.17) is 0 Å². The standard InChI is InChI=1S/C23H26N4O3S/c1-15-10-12-26(13-11-15)19-9-8-17(14-20(19)27(29)30)23(28)25(3)16(2)22-24-18-6-4-5-7-21(18)31-22/h4-9,14-16H,10-13H2,1-3H3. The maximum atomic E-state index is 13.1. The zero-order valence-corrected chi connectivity index (χ0v) is 18.8. The highest BCUT2D eigenvalue weighted by Crippen LogP contribution is 2.34. The van der Waals surface area contributed by atoms with E-state index < -0.39 is 0 Å². The number of nitrogens with zero attached hydrogens (tertiary/aromatic N) is 4. The van der Waals surface area contributed by atoms with Crippen molar-refractivity contribution in [2.24, 2.45) is 5.92 Å². The van der Waals surface area contributed by atoms with Crippen LogP contribution < -0.4 is 4.90 Å². The van der Waals surface area contributed by atoms with E-state index in [2.05, 4.69) is 16.8 Å². The first-order chi connectivity index (χ1) is 14.8. The number of aromatic nitrogens is 1. The van der Waals surface area contributed by atoms with Crippen LogP contribution in [0.25, 0.3) is 10.2 Å². The molecule has 8 heteroatoms. The molecule has 4 rings (SSSR count). The lowest BCUT2D eigenvalue weighted by Gasteiger charge is -2.32. The zero-order chi connectivity index (χ0) is 22.1. The first kappa shape index (κ1) is 21.2. The van der Waals surface area contributed by atoms with Crippen LogP contribution >= 0.6 is 11.3 Å². The van der Waals surface area contributed by atoms with Gasteiger partial charge in [0.05, 0.1) is 21.2 Å². The molecule has 0 bridgehead atoms. The fourth-order valence-corrected chi connectivity index (χ4v) is 5.00. The minimum atomic E-state index is -0.388. The third-order valence-corrected chi connectivity index (χ3v) is 7.32. The highest BCUT2D eigenvalue weighted by atomic mass is 32.1. The van der Waals surface area contributed by atoms with Crippen LogP contribution in [0.4, 0.5) is 11.4 Å². The first-order valence-electron chi connectivity index (χ1n) is 10.5. The van der Waals surface area contributed by atoms with Gasteiger partial charge in [-0.1, -0.05) is 19.1 Å². The number of carbonyl (C=O) groups is 1. The third-order valence-electron chi connectivity index (χ3n) is 6.11. The number of nitro benzene ring substituents is 1. The number of hydrogen-bond acceptors (Lipinski definition) is 6. The molecule has 1 aliphatic heterocycles. The monoisotopic (exact) mass is 438 g/mol. The lowest BCUT2D eigenvalue weighted by molar-refractivity contribution is -0.384. The Bertz CT molecular complexity index is 1090. The Morgan fingerprint density at radius 1 is 1.26 bits per heavy atom. The predicted octanol–water partition coefficient (Wildman–Crippen LogP) is 5.27. The van der Waals surface area contributed by atoms with Crippen molar-refractivity contribution in [2.45, 2.75) is 32.7 Å². The number of piperidine rings is 1. The van der Waals surface area contributed by atoms with Gasteiger partial charge < -0.3 is 9.80 Å². The van der Waals surface area contributed by atoms with Gasteiger partial charge in [0.25, 0.3) is 11.6 Å². The third kappa shape index (κ3) is 4.25. The number of thiazole rings is 1.